The molecule has 0 aliphatic rings. The first-order valence-electron chi connectivity index (χ1n) is 7.64. The highest BCUT2D eigenvalue weighted by Gasteiger charge is 2.19. The maximum Gasteiger partial charge on any atom is 0.355 e. The van der Waals surface area contributed by atoms with Crippen molar-refractivity contribution in [1.82, 2.24) is 4.57 Å². The van der Waals surface area contributed by atoms with Crippen LogP contribution in [0.25, 0.3) is 0 Å². The summed E-state index contributed by atoms with van der Waals surface area (Å²) in [6.07, 6.45) is 1.56. The minimum Gasteiger partial charge on any atom is -0.451 e. The van der Waals surface area contributed by atoms with Crippen LogP contribution in [0.2, 0.25) is 0 Å². The molecule has 1 heterocycles. The Balaban J connectivity index is 2.03. The molecule has 1 amide bonds. The molecule has 1 aromatic heterocycles. The number of aromatic nitrogens is 1. The van der Waals surface area contributed by atoms with Gasteiger partial charge < -0.3 is 14.2 Å². The van der Waals surface area contributed by atoms with Crippen LogP contribution in [0, 0.1) is 0 Å². The molecule has 126 valence electrons. The molecule has 6 heteroatoms. The van der Waals surface area contributed by atoms with Crippen LogP contribution in [0.3, 0.4) is 0 Å². The van der Waals surface area contributed by atoms with Crippen molar-refractivity contribution in [3.8, 4) is 0 Å². The molecule has 1 aromatic carbocycles. The van der Waals surface area contributed by atoms with E-state index in [9.17, 15) is 14.4 Å². The first-order chi connectivity index (χ1) is 11.4. The third kappa shape index (κ3) is 3.90. The lowest BCUT2D eigenvalue weighted by molar-refractivity contribution is -0.121. The summed E-state index contributed by atoms with van der Waals surface area (Å²) in [7, 11) is 1.65. The molecule has 0 radical (unpaired) electrons. The molecule has 0 aliphatic heterocycles. The highest BCUT2D eigenvalue weighted by molar-refractivity contribution is 5.99. The Morgan fingerprint density at radius 2 is 1.83 bits per heavy atom. The molecule has 0 atom stereocenters. The van der Waals surface area contributed by atoms with Crippen LogP contribution in [-0.4, -0.2) is 35.4 Å². The Hall–Kier alpha value is -2.89. The molecular weight excluding hydrogens is 308 g/mol. The second-order valence-corrected chi connectivity index (χ2v) is 5.33. The van der Waals surface area contributed by atoms with Gasteiger partial charge in [-0.2, -0.15) is 0 Å². The number of para-hydroxylation sites is 1. The van der Waals surface area contributed by atoms with Gasteiger partial charge in [0.1, 0.15) is 5.69 Å². The minimum atomic E-state index is -0.637. The van der Waals surface area contributed by atoms with Crippen molar-refractivity contribution in [3.63, 3.8) is 0 Å². The van der Waals surface area contributed by atoms with Gasteiger partial charge in [-0.15, -0.1) is 0 Å². The van der Waals surface area contributed by atoms with Gasteiger partial charge in [0.05, 0.1) is 0 Å². The summed E-state index contributed by atoms with van der Waals surface area (Å²) < 4.78 is 6.62. The number of ether oxygens (including phenoxy) is 1. The predicted octanol–water partition coefficient (Wildman–Crippen LogP) is 2.44. The normalized spacial score (nSPS) is 10.3. The number of rotatable bonds is 6. The number of nitrogens with zero attached hydrogens (tertiary/aromatic N) is 2. The first-order valence-corrected chi connectivity index (χ1v) is 7.64. The molecule has 0 saturated carbocycles. The van der Waals surface area contributed by atoms with Gasteiger partial charge in [-0.25, -0.2) is 4.79 Å². The molecule has 0 unspecified atom stereocenters. The van der Waals surface area contributed by atoms with Crippen LogP contribution in [0.15, 0.2) is 42.6 Å². The fourth-order valence-electron chi connectivity index (χ4n) is 2.35. The van der Waals surface area contributed by atoms with Crippen LogP contribution in [0.4, 0.5) is 5.69 Å². The Morgan fingerprint density at radius 1 is 1.17 bits per heavy atom. The Bertz CT molecular complexity index is 750. The molecular formula is C18H20N2O4. The zero-order valence-corrected chi connectivity index (χ0v) is 14.0. The van der Waals surface area contributed by atoms with Crippen LogP contribution in [-0.2, 0) is 16.6 Å². The summed E-state index contributed by atoms with van der Waals surface area (Å²) in [6.45, 7) is 3.39. The second kappa shape index (κ2) is 7.59. The lowest BCUT2D eigenvalue weighted by Gasteiger charge is -2.20. The van der Waals surface area contributed by atoms with Gasteiger partial charge in [-0.05, 0) is 32.0 Å². The summed E-state index contributed by atoms with van der Waals surface area (Å²) >= 11 is 0. The molecule has 0 fully saturated rings. The van der Waals surface area contributed by atoms with Gasteiger partial charge in [-0.1, -0.05) is 18.2 Å². The fourth-order valence-corrected chi connectivity index (χ4v) is 2.35. The minimum absolute atomic E-state index is 0.137. The van der Waals surface area contributed by atoms with Gasteiger partial charge in [0.15, 0.2) is 12.4 Å². The number of anilines is 1. The van der Waals surface area contributed by atoms with Gasteiger partial charge in [-0.3, -0.25) is 9.59 Å². The number of carbonyl (C=O) groups excluding carboxylic acids is 3. The lowest BCUT2D eigenvalue weighted by Crippen LogP contribution is -2.34. The number of ketones is 1. The monoisotopic (exact) mass is 328 g/mol. The summed E-state index contributed by atoms with van der Waals surface area (Å²) in [5.74, 6) is -1.08. The average molecular weight is 328 g/mol. The van der Waals surface area contributed by atoms with Crippen LogP contribution in [0.1, 0.15) is 34.7 Å². The standard InChI is InChI=1S/C18H20N2O4/c1-4-20(15-8-6-5-7-9-15)17(22)12-24-18(23)16-10-14(13(2)21)11-19(16)3/h5-11H,4,12H2,1-3H3. The number of benzene rings is 1. The fraction of sp³-hybridized carbons (Fsp3) is 0.278. The van der Waals surface area contributed by atoms with Gasteiger partial charge in [0, 0.05) is 31.0 Å². The van der Waals surface area contributed by atoms with Crippen molar-refractivity contribution in [1.29, 1.82) is 0 Å². The van der Waals surface area contributed by atoms with E-state index in [2.05, 4.69) is 0 Å². The maximum atomic E-state index is 12.3. The van der Waals surface area contributed by atoms with Crippen LogP contribution < -0.4 is 4.90 Å². The molecule has 6 nitrogen and oxygen atoms in total. The number of likely N-dealkylation sites (N-methyl/N-ethyl adjacent to an activating group) is 1. The number of amides is 1. The van der Waals surface area contributed by atoms with Gasteiger partial charge in [0.2, 0.25) is 0 Å². The van der Waals surface area contributed by atoms with Crippen LogP contribution in [0.5, 0.6) is 0 Å². The Morgan fingerprint density at radius 3 is 2.38 bits per heavy atom. The Labute approximate surface area is 140 Å². The number of Topliss-reactive ketones (excluding diaryl/α,β-unsaturated/α-hetero) is 1. The van der Waals surface area contributed by atoms with Gasteiger partial charge >= 0.3 is 5.97 Å². The van der Waals surface area contributed by atoms with E-state index in [0.29, 0.717) is 12.1 Å². The SMILES string of the molecule is CCN(C(=O)COC(=O)c1cc(C(C)=O)cn1C)c1ccccc1. The quantitative estimate of drug-likeness (QED) is 0.603. The van der Waals surface area contributed by atoms with Crippen molar-refractivity contribution in [2.75, 3.05) is 18.1 Å². The van der Waals surface area contributed by atoms with E-state index < -0.39 is 5.97 Å². The summed E-state index contributed by atoms with van der Waals surface area (Å²) in [5.41, 5.74) is 1.41. The summed E-state index contributed by atoms with van der Waals surface area (Å²) in [4.78, 5) is 37.3. The predicted molar refractivity (Wildman–Crippen MR) is 90.2 cm³/mol. The van der Waals surface area contributed by atoms with E-state index in [4.69, 9.17) is 4.74 Å². The molecule has 24 heavy (non-hydrogen) atoms. The van der Waals surface area contributed by atoms with E-state index in [1.165, 1.54) is 17.6 Å². The summed E-state index contributed by atoms with van der Waals surface area (Å²) in [6, 6.07) is 10.6. The molecule has 2 rings (SSSR count). The maximum absolute atomic E-state index is 12.3. The smallest absolute Gasteiger partial charge is 0.355 e. The number of hydrogen-bond acceptors (Lipinski definition) is 4. The average Bonchev–Trinajstić information content (AvgIpc) is 2.96. The highest BCUT2D eigenvalue weighted by atomic mass is 16.5. The van der Waals surface area contributed by atoms with E-state index >= 15 is 0 Å². The second-order valence-electron chi connectivity index (χ2n) is 5.33. The third-order valence-corrected chi connectivity index (χ3v) is 3.63. The highest BCUT2D eigenvalue weighted by Crippen LogP contribution is 2.14. The van der Waals surface area contributed by atoms with Gasteiger partial charge in [0.25, 0.3) is 5.91 Å². The van der Waals surface area contributed by atoms with E-state index in [1.807, 2.05) is 37.3 Å². The number of hydrogen-bond donors (Lipinski definition) is 0. The van der Waals surface area contributed by atoms with E-state index in [-0.39, 0.29) is 24.0 Å². The summed E-state index contributed by atoms with van der Waals surface area (Å²) in [5, 5.41) is 0. The topological polar surface area (TPSA) is 68.6 Å². The van der Waals surface area contributed by atoms with E-state index in [0.717, 1.165) is 5.69 Å². The van der Waals surface area contributed by atoms with Crippen molar-refractivity contribution in [2.45, 2.75) is 13.8 Å². The third-order valence-electron chi connectivity index (χ3n) is 3.63. The largest absolute Gasteiger partial charge is 0.451 e. The first kappa shape index (κ1) is 17.5. The number of esters is 1. The molecule has 0 spiro atoms. The van der Waals surface area contributed by atoms with Crippen molar-refractivity contribution in [2.24, 2.45) is 7.05 Å². The molecule has 0 bridgehead atoms. The number of aryl methyl sites for hydroxylation is 1. The lowest BCUT2D eigenvalue weighted by atomic mass is 10.2. The zero-order chi connectivity index (χ0) is 17.7. The number of carbonyl (C=O) groups is 3. The van der Waals surface area contributed by atoms with Crippen molar-refractivity contribution in [3.05, 3.63) is 53.9 Å². The molecule has 2 aromatic rings. The molecule has 0 aliphatic carbocycles. The Kier molecular flexibility index (Phi) is 5.52. The molecule has 0 N–H and O–H groups in total. The van der Waals surface area contributed by atoms with Crippen molar-refractivity contribution >= 4 is 23.3 Å². The molecule has 0 saturated heterocycles. The zero-order valence-electron chi connectivity index (χ0n) is 14.0. The van der Waals surface area contributed by atoms with Crippen molar-refractivity contribution < 1.29 is 19.1 Å². The van der Waals surface area contributed by atoms with E-state index in [1.54, 1.807) is 18.1 Å². The van der Waals surface area contributed by atoms with Crippen LogP contribution >= 0.6 is 0 Å².